The van der Waals surface area contributed by atoms with E-state index in [-0.39, 0.29) is 0 Å². The minimum Gasteiger partial charge on any atom is -0.309 e. The van der Waals surface area contributed by atoms with Gasteiger partial charge in [-0.3, -0.25) is 0 Å². The number of rotatable bonds is 2. The molecule has 0 amide bonds. The summed E-state index contributed by atoms with van der Waals surface area (Å²) < 4.78 is 2.49. The van der Waals surface area contributed by atoms with Crippen molar-refractivity contribution in [3.63, 3.8) is 0 Å². The first-order valence-electron chi connectivity index (χ1n) is 16.5. The van der Waals surface area contributed by atoms with E-state index in [4.69, 9.17) is 9.97 Å². The van der Waals surface area contributed by atoms with Crippen LogP contribution in [0, 0.1) is 0 Å². The number of nitrogens with zero attached hydrogens (tertiary/aromatic N) is 3. The number of fused-ring (bicyclic) bond motifs is 13. The second-order valence-electron chi connectivity index (χ2n) is 12.9. The summed E-state index contributed by atoms with van der Waals surface area (Å²) in [6, 6.07) is 59.3. The molecule has 2 aromatic heterocycles. The van der Waals surface area contributed by atoms with Crippen molar-refractivity contribution < 1.29 is 0 Å². The third-order valence-corrected chi connectivity index (χ3v) is 10.6. The van der Waals surface area contributed by atoms with E-state index in [1.165, 1.54) is 60.9 Å². The van der Waals surface area contributed by atoms with E-state index in [0.29, 0.717) is 0 Å². The molecule has 3 heterocycles. The van der Waals surface area contributed by atoms with E-state index < -0.39 is 5.41 Å². The van der Waals surface area contributed by atoms with Crippen LogP contribution < -0.4 is 0 Å². The van der Waals surface area contributed by atoms with Gasteiger partial charge in [0.05, 0.1) is 33.3 Å². The Morgan fingerprint density at radius 1 is 0.438 bits per heavy atom. The molecule has 0 atom stereocenters. The van der Waals surface area contributed by atoms with Gasteiger partial charge >= 0.3 is 0 Å². The highest BCUT2D eigenvalue weighted by Gasteiger charge is 2.50. The largest absolute Gasteiger partial charge is 0.309 e. The Morgan fingerprint density at radius 3 is 1.90 bits per heavy atom. The van der Waals surface area contributed by atoms with Crippen LogP contribution in [0.2, 0.25) is 0 Å². The van der Waals surface area contributed by atoms with Crippen LogP contribution in [0.25, 0.3) is 72.2 Å². The lowest BCUT2D eigenvalue weighted by Gasteiger charge is -2.39. The average molecular weight is 610 g/mol. The fourth-order valence-corrected chi connectivity index (χ4v) is 8.73. The van der Waals surface area contributed by atoms with Crippen molar-refractivity contribution in [3.8, 4) is 39.5 Å². The summed E-state index contributed by atoms with van der Waals surface area (Å²) >= 11 is 0. The van der Waals surface area contributed by atoms with Gasteiger partial charge < -0.3 is 4.57 Å². The molecule has 0 N–H and O–H groups in total. The van der Waals surface area contributed by atoms with Gasteiger partial charge in [0.2, 0.25) is 0 Å². The van der Waals surface area contributed by atoms with Crippen molar-refractivity contribution in [1.29, 1.82) is 0 Å². The van der Waals surface area contributed by atoms with Crippen molar-refractivity contribution >= 4 is 32.7 Å². The van der Waals surface area contributed by atoms with E-state index in [9.17, 15) is 0 Å². The second kappa shape index (κ2) is 9.37. The molecule has 1 spiro atoms. The van der Waals surface area contributed by atoms with Crippen molar-refractivity contribution in [2.75, 3.05) is 0 Å². The summed E-state index contributed by atoms with van der Waals surface area (Å²) in [4.78, 5) is 10.3. The Morgan fingerprint density at radius 2 is 1.08 bits per heavy atom. The van der Waals surface area contributed by atoms with Gasteiger partial charge in [0.25, 0.3) is 0 Å². The first-order valence-corrected chi connectivity index (χ1v) is 16.5. The average Bonchev–Trinajstić information content (AvgIpc) is 3.65. The minimum atomic E-state index is -0.414. The molecule has 11 rings (SSSR count). The fourth-order valence-electron chi connectivity index (χ4n) is 8.73. The van der Waals surface area contributed by atoms with Crippen LogP contribution in [-0.4, -0.2) is 14.5 Å². The van der Waals surface area contributed by atoms with Gasteiger partial charge in [0.15, 0.2) is 5.82 Å². The highest BCUT2D eigenvalue weighted by atomic mass is 15.0. The van der Waals surface area contributed by atoms with Gasteiger partial charge in [-0.15, -0.1) is 0 Å². The maximum Gasteiger partial charge on any atom is 0.160 e. The Balaban J connectivity index is 1.23. The van der Waals surface area contributed by atoms with Gasteiger partial charge in [-0.1, -0.05) is 133 Å². The molecule has 48 heavy (non-hydrogen) atoms. The molecule has 1 aliphatic carbocycles. The van der Waals surface area contributed by atoms with E-state index in [1.807, 2.05) is 12.1 Å². The van der Waals surface area contributed by atoms with E-state index in [2.05, 4.69) is 156 Å². The monoisotopic (exact) mass is 609 g/mol. The topological polar surface area (TPSA) is 30.7 Å². The van der Waals surface area contributed by atoms with Gasteiger partial charge in [0.1, 0.15) is 0 Å². The van der Waals surface area contributed by atoms with Crippen LogP contribution in [0.1, 0.15) is 22.3 Å². The molecule has 9 aromatic rings. The Kier molecular flexibility index (Phi) is 5.04. The Bertz CT molecular complexity index is 2740. The maximum atomic E-state index is 5.21. The standard InChI is InChI=1S/C45H27N3/c1-2-13-28(14-3-1)42-33-17-6-10-23-39(33)46-44(47-42)29-25-26-40-34(27-29)32-18-12-22-38-43(32)48(40)41-24-11-9-21-37(41)45(38)35-19-7-4-15-30(35)31-16-5-8-20-36(31)45/h1-27H. The molecule has 1 aliphatic heterocycles. The van der Waals surface area contributed by atoms with Crippen LogP contribution in [0.3, 0.4) is 0 Å². The zero-order valence-corrected chi connectivity index (χ0v) is 25.9. The summed E-state index contributed by atoms with van der Waals surface area (Å²) in [7, 11) is 0. The molecule has 2 aliphatic rings. The van der Waals surface area contributed by atoms with Crippen molar-refractivity contribution in [1.82, 2.24) is 14.5 Å². The zero-order chi connectivity index (χ0) is 31.4. The van der Waals surface area contributed by atoms with Gasteiger partial charge in [-0.25, -0.2) is 9.97 Å². The lowest BCUT2D eigenvalue weighted by Crippen LogP contribution is -2.33. The number of aromatic nitrogens is 3. The summed E-state index contributed by atoms with van der Waals surface area (Å²) in [5.41, 5.74) is 15.2. The quantitative estimate of drug-likeness (QED) is 0.195. The smallest absolute Gasteiger partial charge is 0.160 e. The SMILES string of the molecule is c1ccc(-c2nc(-c3ccc4c(c3)c3cccc5c3n4-c3ccccc3C53c4ccccc4-c4ccccc43)nc3ccccc23)cc1. The van der Waals surface area contributed by atoms with Crippen LogP contribution in [-0.2, 0) is 5.41 Å². The van der Waals surface area contributed by atoms with E-state index >= 15 is 0 Å². The summed E-state index contributed by atoms with van der Waals surface area (Å²) in [6.45, 7) is 0. The third kappa shape index (κ3) is 3.18. The molecule has 7 aromatic carbocycles. The minimum absolute atomic E-state index is 0.414. The van der Waals surface area contributed by atoms with Crippen molar-refractivity contribution in [2.24, 2.45) is 0 Å². The fraction of sp³-hybridized carbons (Fsp3) is 0.0222. The van der Waals surface area contributed by atoms with E-state index in [0.717, 1.165) is 33.5 Å². The van der Waals surface area contributed by atoms with E-state index in [1.54, 1.807) is 0 Å². The van der Waals surface area contributed by atoms with Crippen molar-refractivity contribution in [3.05, 3.63) is 186 Å². The number of hydrogen-bond acceptors (Lipinski definition) is 2. The number of hydrogen-bond donors (Lipinski definition) is 0. The highest BCUT2D eigenvalue weighted by molar-refractivity contribution is 6.13. The molecule has 0 radical (unpaired) electrons. The van der Waals surface area contributed by atoms with Crippen LogP contribution in [0.4, 0.5) is 0 Å². The molecule has 0 bridgehead atoms. The molecule has 222 valence electrons. The Hall–Kier alpha value is -6.32. The summed E-state index contributed by atoms with van der Waals surface area (Å²) in [6.07, 6.45) is 0. The maximum absolute atomic E-state index is 5.21. The van der Waals surface area contributed by atoms with Crippen LogP contribution >= 0.6 is 0 Å². The van der Waals surface area contributed by atoms with Gasteiger partial charge in [-0.2, -0.15) is 0 Å². The Labute approximate surface area is 277 Å². The predicted octanol–water partition coefficient (Wildman–Crippen LogP) is 10.7. The number of benzene rings is 7. The molecule has 0 saturated heterocycles. The molecule has 0 unspecified atom stereocenters. The molecular formula is C45H27N3. The van der Waals surface area contributed by atoms with Crippen LogP contribution in [0.5, 0.6) is 0 Å². The molecular weight excluding hydrogens is 583 g/mol. The molecule has 3 nitrogen and oxygen atoms in total. The number of para-hydroxylation sites is 3. The molecule has 0 fully saturated rings. The highest BCUT2D eigenvalue weighted by Crippen LogP contribution is 2.60. The van der Waals surface area contributed by atoms with Gasteiger partial charge in [0, 0.05) is 27.3 Å². The summed E-state index contributed by atoms with van der Waals surface area (Å²) in [5.74, 6) is 0.733. The zero-order valence-electron chi connectivity index (χ0n) is 25.9. The predicted molar refractivity (Wildman–Crippen MR) is 196 cm³/mol. The first kappa shape index (κ1) is 25.8. The first-order chi connectivity index (χ1) is 23.8. The van der Waals surface area contributed by atoms with Crippen LogP contribution in [0.15, 0.2) is 164 Å². The molecule has 3 heteroatoms. The van der Waals surface area contributed by atoms with Gasteiger partial charge in [-0.05, 0) is 63.7 Å². The summed E-state index contributed by atoms with van der Waals surface area (Å²) in [5, 5.41) is 3.50. The normalized spacial score (nSPS) is 13.6. The lowest BCUT2D eigenvalue weighted by molar-refractivity contribution is 0.748. The second-order valence-corrected chi connectivity index (χ2v) is 12.9. The molecule has 0 saturated carbocycles. The lowest BCUT2D eigenvalue weighted by atomic mass is 9.65. The van der Waals surface area contributed by atoms with Crippen molar-refractivity contribution in [2.45, 2.75) is 5.41 Å². The third-order valence-electron chi connectivity index (χ3n) is 10.6.